The number of ketones is 1. The van der Waals surface area contributed by atoms with Crippen LogP contribution in [0.1, 0.15) is 33.5 Å². The molecular formula is C17H14Cl2O. The lowest BCUT2D eigenvalue weighted by molar-refractivity contribution is 0.0993. The zero-order chi connectivity index (χ0) is 14.1. The Hall–Kier alpha value is -1.31. The van der Waals surface area contributed by atoms with E-state index in [4.69, 9.17) is 23.2 Å². The zero-order valence-corrected chi connectivity index (χ0v) is 12.5. The Labute approximate surface area is 128 Å². The number of benzene rings is 2. The molecule has 2 aromatic rings. The van der Waals surface area contributed by atoms with Crippen LogP contribution in [-0.4, -0.2) is 5.78 Å². The number of fused-ring (bicyclic) bond motifs is 1. The molecule has 1 aliphatic carbocycles. The summed E-state index contributed by atoms with van der Waals surface area (Å²) in [5, 5.41) is 0.896. The number of halogens is 2. The van der Waals surface area contributed by atoms with Gasteiger partial charge in [0.1, 0.15) is 0 Å². The molecule has 0 heterocycles. The average molecular weight is 305 g/mol. The average Bonchev–Trinajstić information content (AvgIpc) is 2.89. The van der Waals surface area contributed by atoms with Gasteiger partial charge in [-0.15, -0.1) is 0 Å². The molecule has 20 heavy (non-hydrogen) atoms. The largest absolute Gasteiger partial charge is 0.294 e. The molecule has 0 atom stereocenters. The topological polar surface area (TPSA) is 17.1 Å². The first-order valence-electron chi connectivity index (χ1n) is 6.72. The van der Waals surface area contributed by atoms with Crippen LogP contribution < -0.4 is 0 Å². The Morgan fingerprint density at radius 2 is 1.75 bits per heavy atom. The number of aryl methyl sites for hydroxylation is 2. The normalized spacial score (nSPS) is 13.3. The van der Waals surface area contributed by atoms with Crippen molar-refractivity contribution in [3.8, 4) is 0 Å². The van der Waals surface area contributed by atoms with Gasteiger partial charge in [0.15, 0.2) is 5.78 Å². The maximum Gasteiger partial charge on any atom is 0.167 e. The maximum atomic E-state index is 12.3. The van der Waals surface area contributed by atoms with E-state index in [1.54, 1.807) is 18.2 Å². The van der Waals surface area contributed by atoms with E-state index in [2.05, 4.69) is 18.2 Å². The Morgan fingerprint density at radius 1 is 0.950 bits per heavy atom. The summed E-state index contributed by atoms with van der Waals surface area (Å²) in [6, 6.07) is 11.4. The first-order chi connectivity index (χ1) is 9.63. The third-order valence-corrected chi connectivity index (χ3v) is 4.51. The maximum absolute atomic E-state index is 12.3. The predicted molar refractivity (Wildman–Crippen MR) is 83.0 cm³/mol. The molecule has 0 amide bonds. The molecule has 0 aromatic heterocycles. The summed E-state index contributed by atoms with van der Waals surface area (Å²) in [5.74, 6) is 0.0708. The van der Waals surface area contributed by atoms with Gasteiger partial charge in [0.05, 0.1) is 10.0 Å². The van der Waals surface area contributed by atoms with Gasteiger partial charge in [-0.2, -0.15) is 0 Å². The lowest BCUT2D eigenvalue weighted by Gasteiger charge is -2.06. The van der Waals surface area contributed by atoms with Crippen LogP contribution in [0.5, 0.6) is 0 Å². The van der Waals surface area contributed by atoms with Gasteiger partial charge in [-0.25, -0.2) is 0 Å². The highest BCUT2D eigenvalue weighted by Gasteiger charge is 2.13. The molecule has 1 nitrogen and oxygen atoms in total. The van der Waals surface area contributed by atoms with Gasteiger partial charge in [-0.05, 0) is 54.2 Å². The highest BCUT2D eigenvalue weighted by atomic mass is 35.5. The van der Waals surface area contributed by atoms with Gasteiger partial charge in [0.2, 0.25) is 0 Å². The zero-order valence-electron chi connectivity index (χ0n) is 11.0. The van der Waals surface area contributed by atoms with Crippen molar-refractivity contribution < 1.29 is 4.79 Å². The van der Waals surface area contributed by atoms with E-state index in [0.29, 0.717) is 22.0 Å². The molecule has 0 fully saturated rings. The van der Waals surface area contributed by atoms with Crippen molar-refractivity contribution in [1.82, 2.24) is 0 Å². The quantitative estimate of drug-likeness (QED) is 0.737. The van der Waals surface area contributed by atoms with E-state index in [9.17, 15) is 4.79 Å². The highest BCUT2D eigenvalue weighted by molar-refractivity contribution is 6.42. The van der Waals surface area contributed by atoms with Crippen molar-refractivity contribution in [3.05, 3.63) is 68.7 Å². The van der Waals surface area contributed by atoms with Crippen molar-refractivity contribution in [1.29, 1.82) is 0 Å². The highest BCUT2D eigenvalue weighted by Crippen LogP contribution is 2.25. The lowest BCUT2D eigenvalue weighted by atomic mass is 9.99. The van der Waals surface area contributed by atoms with E-state index in [0.717, 1.165) is 18.4 Å². The number of carbonyl (C=O) groups excluding carboxylic acids is 1. The molecule has 0 N–H and O–H groups in total. The summed E-state index contributed by atoms with van der Waals surface area (Å²) < 4.78 is 0. The molecule has 102 valence electrons. The monoisotopic (exact) mass is 304 g/mol. The van der Waals surface area contributed by atoms with E-state index in [1.165, 1.54) is 17.5 Å². The third-order valence-electron chi connectivity index (χ3n) is 3.77. The van der Waals surface area contributed by atoms with Gasteiger partial charge in [0.25, 0.3) is 0 Å². The van der Waals surface area contributed by atoms with Crippen LogP contribution in [0, 0.1) is 0 Å². The number of Topliss-reactive ketones (excluding diaryl/α,β-unsaturated/α-hetero) is 1. The minimum atomic E-state index is 0.0708. The van der Waals surface area contributed by atoms with Crippen LogP contribution in [-0.2, 0) is 19.3 Å². The second-order valence-corrected chi connectivity index (χ2v) is 6.00. The molecule has 0 aliphatic heterocycles. The van der Waals surface area contributed by atoms with Gasteiger partial charge in [-0.3, -0.25) is 4.79 Å². The first kappa shape index (κ1) is 13.7. The van der Waals surface area contributed by atoms with Crippen LogP contribution in [0.25, 0.3) is 0 Å². The minimum Gasteiger partial charge on any atom is -0.294 e. The summed E-state index contributed by atoms with van der Waals surface area (Å²) in [6.45, 7) is 0. The third kappa shape index (κ3) is 2.74. The summed E-state index contributed by atoms with van der Waals surface area (Å²) in [7, 11) is 0. The summed E-state index contributed by atoms with van der Waals surface area (Å²) in [5.41, 5.74) is 4.50. The molecule has 0 saturated heterocycles. The Kier molecular flexibility index (Phi) is 3.82. The second-order valence-electron chi connectivity index (χ2n) is 5.19. The second kappa shape index (κ2) is 5.59. The summed E-state index contributed by atoms with van der Waals surface area (Å²) in [6.07, 6.45) is 3.92. The van der Waals surface area contributed by atoms with Crippen LogP contribution in [0.4, 0.5) is 0 Å². The van der Waals surface area contributed by atoms with Crippen molar-refractivity contribution in [2.24, 2.45) is 0 Å². The van der Waals surface area contributed by atoms with Gasteiger partial charge < -0.3 is 0 Å². The molecule has 0 bridgehead atoms. The molecule has 2 aromatic carbocycles. The van der Waals surface area contributed by atoms with Gasteiger partial charge in [-0.1, -0.05) is 41.4 Å². The standard InChI is InChI=1S/C17H14Cl2O/c18-15-7-6-14(10-16(15)19)17(20)9-11-4-5-12-2-1-3-13(12)8-11/h4-8,10H,1-3,9H2. The lowest BCUT2D eigenvalue weighted by Crippen LogP contribution is -2.04. The van der Waals surface area contributed by atoms with E-state index in [-0.39, 0.29) is 5.78 Å². The fourth-order valence-corrected chi connectivity index (χ4v) is 2.99. The van der Waals surface area contributed by atoms with Crippen molar-refractivity contribution in [3.63, 3.8) is 0 Å². The number of carbonyl (C=O) groups is 1. The van der Waals surface area contributed by atoms with Crippen molar-refractivity contribution in [2.75, 3.05) is 0 Å². The SMILES string of the molecule is O=C(Cc1ccc2c(c1)CCC2)c1ccc(Cl)c(Cl)c1. The number of hydrogen-bond acceptors (Lipinski definition) is 1. The molecule has 1 aliphatic rings. The minimum absolute atomic E-state index is 0.0708. The first-order valence-corrected chi connectivity index (χ1v) is 7.48. The Balaban J connectivity index is 1.80. The smallest absolute Gasteiger partial charge is 0.167 e. The Bertz CT molecular complexity index is 677. The number of hydrogen-bond donors (Lipinski definition) is 0. The Morgan fingerprint density at radius 3 is 2.55 bits per heavy atom. The van der Waals surface area contributed by atoms with Crippen LogP contribution >= 0.6 is 23.2 Å². The van der Waals surface area contributed by atoms with Crippen LogP contribution in [0.3, 0.4) is 0 Å². The van der Waals surface area contributed by atoms with Crippen LogP contribution in [0.2, 0.25) is 10.0 Å². The number of rotatable bonds is 3. The predicted octanol–water partition coefficient (Wildman–Crippen LogP) is 4.91. The molecule has 3 rings (SSSR count). The van der Waals surface area contributed by atoms with Gasteiger partial charge >= 0.3 is 0 Å². The summed E-state index contributed by atoms with van der Waals surface area (Å²) >= 11 is 11.8. The van der Waals surface area contributed by atoms with E-state index < -0.39 is 0 Å². The molecular weight excluding hydrogens is 291 g/mol. The molecule has 0 saturated carbocycles. The van der Waals surface area contributed by atoms with E-state index in [1.807, 2.05) is 0 Å². The van der Waals surface area contributed by atoms with Crippen LogP contribution in [0.15, 0.2) is 36.4 Å². The van der Waals surface area contributed by atoms with Crippen molar-refractivity contribution in [2.45, 2.75) is 25.7 Å². The summed E-state index contributed by atoms with van der Waals surface area (Å²) in [4.78, 5) is 12.3. The fourth-order valence-electron chi connectivity index (χ4n) is 2.69. The molecule has 3 heteroatoms. The van der Waals surface area contributed by atoms with Gasteiger partial charge in [0, 0.05) is 12.0 Å². The fraction of sp³-hybridized carbons (Fsp3) is 0.235. The molecule has 0 unspecified atom stereocenters. The van der Waals surface area contributed by atoms with Crippen molar-refractivity contribution >= 4 is 29.0 Å². The molecule has 0 spiro atoms. The molecule has 0 radical (unpaired) electrons. The van der Waals surface area contributed by atoms with E-state index >= 15 is 0 Å².